The number of nitrogens with zero attached hydrogens (tertiary/aromatic N) is 2. The molecule has 2 aromatic rings. The summed E-state index contributed by atoms with van der Waals surface area (Å²) in [5, 5.41) is 9.96. The second-order valence-electron chi connectivity index (χ2n) is 4.11. The second-order valence-corrected chi connectivity index (χ2v) is 4.11. The van der Waals surface area contributed by atoms with Gasteiger partial charge in [-0.05, 0) is 32.0 Å². The van der Waals surface area contributed by atoms with Crippen molar-refractivity contribution in [2.45, 2.75) is 20.0 Å². The minimum Gasteiger partial charge on any atom is -0.491 e. The van der Waals surface area contributed by atoms with E-state index in [9.17, 15) is 0 Å². The van der Waals surface area contributed by atoms with Crippen molar-refractivity contribution in [1.29, 1.82) is 5.26 Å². The zero-order valence-electron chi connectivity index (χ0n) is 9.69. The van der Waals surface area contributed by atoms with E-state index in [1.165, 1.54) is 0 Å². The molecule has 82 valence electrons. The summed E-state index contributed by atoms with van der Waals surface area (Å²) in [4.78, 5) is 0. The Kier molecular flexibility index (Phi) is 2.57. The fourth-order valence-electron chi connectivity index (χ4n) is 1.81. The number of aryl methyl sites for hydroxylation is 1. The van der Waals surface area contributed by atoms with Crippen LogP contribution in [0, 0.1) is 11.3 Å². The molecule has 1 heterocycles. The first-order valence-electron chi connectivity index (χ1n) is 5.27. The Morgan fingerprint density at radius 3 is 2.75 bits per heavy atom. The van der Waals surface area contributed by atoms with Gasteiger partial charge in [0.15, 0.2) is 0 Å². The minimum atomic E-state index is 0.145. The van der Waals surface area contributed by atoms with Gasteiger partial charge >= 0.3 is 0 Å². The molecule has 0 spiro atoms. The van der Waals surface area contributed by atoms with Crippen LogP contribution in [0.15, 0.2) is 24.4 Å². The zero-order chi connectivity index (χ0) is 11.7. The lowest BCUT2D eigenvalue weighted by molar-refractivity contribution is 0.243. The van der Waals surface area contributed by atoms with Gasteiger partial charge in [-0.15, -0.1) is 0 Å². The number of hydrogen-bond acceptors (Lipinski definition) is 2. The maximum absolute atomic E-state index is 9.02. The normalized spacial score (nSPS) is 10.7. The molecular formula is C13H14N2O. The maximum atomic E-state index is 9.02. The van der Waals surface area contributed by atoms with E-state index in [2.05, 4.69) is 6.07 Å². The Bertz CT molecular complexity index is 561. The van der Waals surface area contributed by atoms with Gasteiger partial charge in [-0.2, -0.15) is 5.26 Å². The molecule has 0 unspecified atom stereocenters. The summed E-state index contributed by atoms with van der Waals surface area (Å²) >= 11 is 0. The molecule has 0 atom stereocenters. The van der Waals surface area contributed by atoms with Crippen molar-refractivity contribution in [3.05, 3.63) is 30.0 Å². The summed E-state index contributed by atoms with van der Waals surface area (Å²) < 4.78 is 7.56. The second kappa shape index (κ2) is 3.90. The fourth-order valence-corrected chi connectivity index (χ4v) is 1.81. The van der Waals surface area contributed by atoms with Crippen LogP contribution in [-0.4, -0.2) is 10.7 Å². The van der Waals surface area contributed by atoms with Crippen LogP contribution in [-0.2, 0) is 7.05 Å². The first-order chi connectivity index (χ1) is 7.61. The lowest BCUT2D eigenvalue weighted by Crippen LogP contribution is -2.05. The van der Waals surface area contributed by atoms with Crippen molar-refractivity contribution < 1.29 is 4.74 Å². The monoisotopic (exact) mass is 214 g/mol. The Morgan fingerprint density at radius 1 is 1.38 bits per heavy atom. The van der Waals surface area contributed by atoms with Gasteiger partial charge < -0.3 is 9.30 Å². The molecule has 0 saturated heterocycles. The molecule has 0 saturated carbocycles. The number of rotatable bonds is 2. The maximum Gasteiger partial charge on any atom is 0.120 e. The van der Waals surface area contributed by atoms with E-state index in [0.717, 1.165) is 16.7 Å². The highest BCUT2D eigenvalue weighted by atomic mass is 16.5. The predicted octanol–water partition coefficient (Wildman–Crippen LogP) is 2.84. The standard InChI is InChI=1S/C13H14N2O/c1-9(2)16-11-4-5-13-12(6-11)10(7-14)8-15(13)3/h4-6,8-9H,1-3H3. The smallest absolute Gasteiger partial charge is 0.120 e. The highest BCUT2D eigenvalue weighted by Gasteiger charge is 2.07. The average Bonchev–Trinajstić information content (AvgIpc) is 2.54. The molecule has 0 aliphatic carbocycles. The van der Waals surface area contributed by atoms with Crippen LogP contribution >= 0.6 is 0 Å². The van der Waals surface area contributed by atoms with Gasteiger partial charge in [0.2, 0.25) is 0 Å². The molecule has 1 aromatic carbocycles. The predicted molar refractivity (Wildman–Crippen MR) is 63.4 cm³/mol. The number of fused-ring (bicyclic) bond motifs is 1. The van der Waals surface area contributed by atoms with E-state index < -0.39 is 0 Å². The number of ether oxygens (including phenoxy) is 1. The summed E-state index contributed by atoms with van der Waals surface area (Å²) in [7, 11) is 1.94. The van der Waals surface area contributed by atoms with E-state index in [1.54, 1.807) is 0 Å². The van der Waals surface area contributed by atoms with E-state index >= 15 is 0 Å². The summed E-state index contributed by atoms with van der Waals surface area (Å²) in [6.07, 6.45) is 1.98. The van der Waals surface area contributed by atoms with E-state index in [-0.39, 0.29) is 6.10 Å². The Morgan fingerprint density at radius 2 is 2.12 bits per heavy atom. The van der Waals surface area contributed by atoms with Crippen LogP contribution in [0.2, 0.25) is 0 Å². The van der Waals surface area contributed by atoms with Gasteiger partial charge in [-0.3, -0.25) is 0 Å². The van der Waals surface area contributed by atoms with Gasteiger partial charge in [0.05, 0.1) is 11.7 Å². The quantitative estimate of drug-likeness (QED) is 0.771. The SMILES string of the molecule is CC(C)Oc1ccc2c(c1)c(C#N)cn2C. The van der Waals surface area contributed by atoms with Gasteiger partial charge in [0, 0.05) is 24.1 Å². The third kappa shape index (κ3) is 1.74. The van der Waals surface area contributed by atoms with E-state index in [4.69, 9.17) is 10.00 Å². The molecule has 2 rings (SSSR count). The van der Waals surface area contributed by atoms with Gasteiger partial charge in [0.25, 0.3) is 0 Å². The number of nitriles is 1. The largest absolute Gasteiger partial charge is 0.491 e. The highest BCUT2D eigenvalue weighted by Crippen LogP contribution is 2.25. The molecule has 3 nitrogen and oxygen atoms in total. The Hall–Kier alpha value is -1.95. The van der Waals surface area contributed by atoms with Crippen molar-refractivity contribution >= 4 is 10.9 Å². The number of aromatic nitrogens is 1. The molecule has 0 amide bonds. The molecule has 0 fully saturated rings. The van der Waals surface area contributed by atoms with Crippen molar-refractivity contribution in [3.8, 4) is 11.8 Å². The van der Waals surface area contributed by atoms with Gasteiger partial charge in [0.1, 0.15) is 11.8 Å². The summed E-state index contributed by atoms with van der Waals surface area (Å²) in [6, 6.07) is 8.03. The van der Waals surface area contributed by atoms with Crippen LogP contribution in [0.4, 0.5) is 0 Å². The van der Waals surface area contributed by atoms with Gasteiger partial charge in [-0.1, -0.05) is 0 Å². The van der Waals surface area contributed by atoms with Gasteiger partial charge in [-0.25, -0.2) is 0 Å². The fraction of sp³-hybridized carbons (Fsp3) is 0.308. The van der Waals surface area contributed by atoms with E-state index in [0.29, 0.717) is 5.56 Å². The zero-order valence-corrected chi connectivity index (χ0v) is 9.69. The van der Waals surface area contributed by atoms with Crippen molar-refractivity contribution in [2.24, 2.45) is 7.05 Å². The van der Waals surface area contributed by atoms with Crippen LogP contribution < -0.4 is 4.74 Å². The Labute approximate surface area is 94.9 Å². The topological polar surface area (TPSA) is 37.9 Å². The first-order valence-corrected chi connectivity index (χ1v) is 5.27. The lowest BCUT2D eigenvalue weighted by atomic mass is 10.2. The van der Waals surface area contributed by atoms with Crippen LogP contribution in [0.1, 0.15) is 19.4 Å². The van der Waals surface area contributed by atoms with E-state index in [1.807, 2.05) is 49.9 Å². The lowest BCUT2D eigenvalue weighted by Gasteiger charge is -2.09. The average molecular weight is 214 g/mol. The van der Waals surface area contributed by atoms with Crippen molar-refractivity contribution in [2.75, 3.05) is 0 Å². The van der Waals surface area contributed by atoms with Crippen LogP contribution in [0.5, 0.6) is 5.75 Å². The summed E-state index contributed by atoms with van der Waals surface area (Å²) in [5.41, 5.74) is 1.74. The molecule has 0 N–H and O–H groups in total. The molecule has 0 bridgehead atoms. The molecule has 0 aliphatic heterocycles. The molecule has 3 heteroatoms. The molecule has 0 aliphatic rings. The number of benzene rings is 1. The minimum absolute atomic E-state index is 0.145. The third-order valence-corrected chi connectivity index (χ3v) is 2.45. The third-order valence-electron chi connectivity index (χ3n) is 2.45. The number of hydrogen-bond donors (Lipinski definition) is 0. The molecule has 1 aromatic heterocycles. The van der Waals surface area contributed by atoms with Crippen LogP contribution in [0.3, 0.4) is 0 Å². The highest BCUT2D eigenvalue weighted by molar-refractivity contribution is 5.87. The van der Waals surface area contributed by atoms with Crippen molar-refractivity contribution in [3.63, 3.8) is 0 Å². The van der Waals surface area contributed by atoms with Crippen LogP contribution in [0.25, 0.3) is 10.9 Å². The molecular weight excluding hydrogens is 200 g/mol. The molecule has 16 heavy (non-hydrogen) atoms. The Balaban J connectivity index is 2.56. The summed E-state index contributed by atoms with van der Waals surface area (Å²) in [6.45, 7) is 3.97. The first kappa shape index (κ1) is 10.6. The summed E-state index contributed by atoms with van der Waals surface area (Å²) in [5.74, 6) is 0.810. The molecule has 0 radical (unpaired) electrons. The van der Waals surface area contributed by atoms with Crippen molar-refractivity contribution in [1.82, 2.24) is 4.57 Å².